The smallest absolute Gasteiger partial charge is 0.341 e. The standard InChI is InChI=1S/C19H17N3O5/c1-3-27-19(26)14-9-20-17-12(6-4-10(2)21-17)16(14)22-11-5-7-15(23)13(8-11)18(24)25/h4-9,23H,3H2,1-2H3,(H,24,25)(H,20,21,22). The molecular weight excluding hydrogens is 350 g/mol. The van der Waals surface area contributed by atoms with Gasteiger partial charge in [-0.05, 0) is 44.2 Å². The molecule has 0 saturated heterocycles. The van der Waals surface area contributed by atoms with Gasteiger partial charge in [-0.25, -0.2) is 19.6 Å². The first-order valence-corrected chi connectivity index (χ1v) is 8.17. The summed E-state index contributed by atoms with van der Waals surface area (Å²) in [6.45, 7) is 3.72. The van der Waals surface area contributed by atoms with Crippen LogP contribution in [0.25, 0.3) is 11.0 Å². The Morgan fingerprint density at radius 1 is 1.19 bits per heavy atom. The maximum absolute atomic E-state index is 12.3. The van der Waals surface area contributed by atoms with E-state index in [1.807, 2.05) is 6.92 Å². The van der Waals surface area contributed by atoms with Gasteiger partial charge in [-0.15, -0.1) is 0 Å². The van der Waals surface area contributed by atoms with Crippen LogP contribution < -0.4 is 5.32 Å². The lowest BCUT2D eigenvalue weighted by Crippen LogP contribution is -2.10. The second-order valence-corrected chi connectivity index (χ2v) is 5.75. The second-order valence-electron chi connectivity index (χ2n) is 5.75. The minimum Gasteiger partial charge on any atom is -0.507 e. The molecule has 8 heteroatoms. The molecule has 138 valence electrons. The van der Waals surface area contributed by atoms with Crippen LogP contribution in [0.4, 0.5) is 11.4 Å². The molecule has 0 spiro atoms. The molecule has 1 aromatic carbocycles. The van der Waals surface area contributed by atoms with Crippen molar-refractivity contribution in [1.82, 2.24) is 9.97 Å². The van der Waals surface area contributed by atoms with E-state index >= 15 is 0 Å². The molecule has 2 aromatic heterocycles. The predicted octanol–water partition coefficient (Wildman–Crippen LogP) is 3.26. The van der Waals surface area contributed by atoms with Crippen LogP contribution in [0.5, 0.6) is 5.75 Å². The topological polar surface area (TPSA) is 122 Å². The highest BCUT2D eigenvalue weighted by Gasteiger charge is 2.18. The number of carbonyl (C=O) groups is 2. The van der Waals surface area contributed by atoms with Crippen molar-refractivity contribution in [2.24, 2.45) is 0 Å². The van der Waals surface area contributed by atoms with Crippen LogP contribution in [0.15, 0.2) is 36.5 Å². The molecule has 3 N–H and O–H groups in total. The molecule has 0 aliphatic heterocycles. The van der Waals surface area contributed by atoms with Crippen molar-refractivity contribution in [1.29, 1.82) is 0 Å². The minimum atomic E-state index is -1.27. The van der Waals surface area contributed by atoms with Gasteiger partial charge in [0, 0.05) is 23.0 Å². The summed E-state index contributed by atoms with van der Waals surface area (Å²) in [5.41, 5.74) is 1.91. The zero-order valence-corrected chi connectivity index (χ0v) is 14.7. The molecule has 0 unspecified atom stereocenters. The molecule has 0 aliphatic rings. The summed E-state index contributed by atoms with van der Waals surface area (Å²) in [7, 11) is 0. The minimum absolute atomic E-state index is 0.194. The van der Waals surface area contributed by atoms with Crippen LogP contribution in [0.1, 0.15) is 33.3 Å². The third-order valence-electron chi connectivity index (χ3n) is 3.86. The Hall–Kier alpha value is -3.68. The number of pyridine rings is 2. The Balaban J connectivity index is 2.16. The van der Waals surface area contributed by atoms with Crippen molar-refractivity contribution >= 4 is 34.3 Å². The van der Waals surface area contributed by atoms with Gasteiger partial charge in [0.15, 0.2) is 5.65 Å². The summed E-state index contributed by atoms with van der Waals surface area (Å²) >= 11 is 0. The summed E-state index contributed by atoms with van der Waals surface area (Å²) in [5.74, 6) is -2.18. The van der Waals surface area contributed by atoms with Gasteiger partial charge in [-0.2, -0.15) is 0 Å². The number of esters is 1. The van der Waals surface area contributed by atoms with Gasteiger partial charge >= 0.3 is 11.9 Å². The van der Waals surface area contributed by atoms with Crippen molar-refractivity contribution in [2.45, 2.75) is 13.8 Å². The lowest BCUT2D eigenvalue weighted by Gasteiger charge is -2.14. The second kappa shape index (κ2) is 7.28. The van der Waals surface area contributed by atoms with Gasteiger partial charge < -0.3 is 20.3 Å². The van der Waals surface area contributed by atoms with Crippen molar-refractivity contribution in [3.05, 3.63) is 53.3 Å². The number of anilines is 2. The molecule has 8 nitrogen and oxygen atoms in total. The number of fused-ring (bicyclic) bond motifs is 1. The molecule has 2 heterocycles. The first-order valence-electron chi connectivity index (χ1n) is 8.17. The van der Waals surface area contributed by atoms with Gasteiger partial charge in [0.25, 0.3) is 0 Å². The maximum atomic E-state index is 12.3. The Labute approximate surface area is 154 Å². The zero-order chi connectivity index (χ0) is 19.6. The number of carboxylic acids is 1. The van der Waals surface area contributed by atoms with Crippen LogP contribution in [0.3, 0.4) is 0 Å². The number of phenols is 1. The summed E-state index contributed by atoms with van der Waals surface area (Å²) in [5, 5.41) is 22.5. The third kappa shape index (κ3) is 3.64. The van der Waals surface area contributed by atoms with Crippen LogP contribution >= 0.6 is 0 Å². The van der Waals surface area contributed by atoms with Gasteiger partial charge in [0.1, 0.15) is 16.9 Å². The summed E-state index contributed by atoms with van der Waals surface area (Å²) in [4.78, 5) is 32.2. The molecule has 0 saturated carbocycles. The lowest BCUT2D eigenvalue weighted by molar-refractivity contribution is 0.0526. The number of hydrogen-bond donors (Lipinski definition) is 3. The number of nitrogens with zero attached hydrogens (tertiary/aromatic N) is 2. The number of aromatic hydroxyl groups is 1. The fourth-order valence-electron chi connectivity index (χ4n) is 2.60. The average molecular weight is 367 g/mol. The van der Waals surface area contributed by atoms with E-state index in [9.17, 15) is 19.8 Å². The normalized spacial score (nSPS) is 10.6. The van der Waals surface area contributed by atoms with E-state index in [1.165, 1.54) is 24.4 Å². The van der Waals surface area contributed by atoms with Crippen LogP contribution in [-0.4, -0.2) is 38.7 Å². The van der Waals surface area contributed by atoms with E-state index in [4.69, 9.17) is 4.74 Å². The zero-order valence-electron chi connectivity index (χ0n) is 14.7. The summed E-state index contributed by atoms with van der Waals surface area (Å²) in [6, 6.07) is 7.60. The summed E-state index contributed by atoms with van der Waals surface area (Å²) in [6.07, 6.45) is 1.37. The molecule has 27 heavy (non-hydrogen) atoms. The number of ether oxygens (including phenoxy) is 1. The van der Waals surface area contributed by atoms with E-state index in [-0.39, 0.29) is 23.5 Å². The molecule has 0 bridgehead atoms. The fourth-order valence-corrected chi connectivity index (χ4v) is 2.60. The van der Waals surface area contributed by atoms with Crippen molar-refractivity contribution in [3.8, 4) is 5.75 Å². The van der Waals surface area contributed by atoms with Gasteiger partial charge in [0.2, 0.25) is 0 Å². The lowest BCUT2D eigenvalue weighted by atomic mass is 10.1. The van der Waals surface area contributed by atoms with Crippen molar-refractivity contribution in [3.63, 3.8) is 0 Å². The van der Waals surface area contributed by atoms with Crippen molar-refractivity contribution in [2.75, 3.05) is 11.9 Å². The largest absolute Gasteiger partial charge is 0.507 e. The number of hydrogen-bond acceptors (Lipinski definition) is 7. The number of carboxylic acid groups (broad SMARTS) is 1. The van der Waals surface area contributed by atoms with Gasteiger partial charge in [-0.3, -0.25) is 0 Å². The van der Waals surface area contributed by atoms with E-state index in [1.54, 1.807) is 19.1 Å². The number of aromatic carboxylic acids is 1. The highest BCUT2D eigenvalue weighted by molar-refractivity contribution is 6.05. The molecule has 3 rings (SSSR count). The number of aromatic nitrogens is 2. The predicted molar refractivity (Wildman–Crippen MR) is 98.6 cm³/mol. The highest BCUT2D eigenvalue weighted by atomic mass is 16.5. The Morgan fingerprint density at radius 2 is 1.96 bits per heavy atom. The Morgan fingerprint density at radius 3 is 2.67 bits per heavy atom. The molecule has 3 aromatic rings. The molecule has 0 amide bonds. The van der Waals surface area contributed by atoms with Crippen LogP contribution in [-0.2, 0) is 4.74 Å². The molecule has 0 atom stereocenters. The van der Waals surface area contributed by atoms with Crippen LogP contribution in [0.2, 0.25) is 0 Å². The molecular formula is C19H17N3O5. The summed E-state index contributed by atoms with van der Waals surface area (Å²) < 4.78 is 5.09. The van der Waals surface area contributed by atoms with Gasteiger partial charge in [0.05, 0.1) is 12.3 Å². The first kappa shape index (κ1) is 18.1. The first-order chi connectivity index (χ1) is 12.9. The average Bonchev–Trinajstić information content (AvgIpc) is 2.63. The van der Waals surface area contributed by atoms with E-state index in [0.717, 1.165) is 5.69 Å². The maximum Gasteiger partial charge on any atom is 0.341 e. The monoisotopic (exact) mass is 367 g/mol. The molecule has 0 radical (unpaired) electrons. The Kier molecular flexibility index (Phi) is 4.89. The highest BCUT2D eigenvalue weighted by Crippen LogP contribution is 2.31. The van der Waals surface area contributed by atoms with E-state index < -0.39 is 11.9 Å². The fraction of sp³-hybridized carbons (Fsp3) is 0.158. The molecule has 0 aliphatic carbocycles. The third-order valence-corrected chi connectivity index (χ3v) is 3.86. The Bertz CT molecular complexity index is 1050. The van der Waals surface area contributed by atoms with E-state index in [0.29, 0.717) is 22.4 Å². The quantitative estimate of drug-likeness (QED) is 0.464. The van der Waals surface area contributed by atoms with Crippen LogP contribution in [0, 0.1) is 6.92 Å². The number of aryl methyl sites for hydroxylation is 1. The van der Waals surface area contributed by atoms with Gasteiger partial charge in [-0.1, -0.05) is 0 Å². The number of benzene rings is 1. The van der Waals surface area contributed by atoms with Crippen molar-refractivity contribution < 1.29 is 24.5 Å². The number of carbonyl (C=O) groups excluding carboxylic acids is 1. The SMILES string of the molecule is CCOC(=O)c1cnc2nc(C)ccc2c1Nc1ccc(O)c(C(=O)O)c1. The number of nitrogens with one attached hydrogen (secondary N) is 1. The number of rotatable bonds is 5. The van der Waals surface area contributed by atoms with E-state index in [2.05, 4.69) is 15.3 Å². The molecule has 0 fully saturated rings.